The molecule has 6 nitrogen and oxygen atoms in total. The van der Waals surface area contributed by atoms with Gasteiger partial charge in [0.25, 0.3) is 0 Å². The first kappa shape index (κ1) is 22.7. The van der Waals surface area contributed by atoms with Crippen molar-refractivity contribution in [2.45, 2.75) is 39.0 Å². The van der Waals surface area contributed by atoms with Crippen LogP contribution in [-0.4, -0.2) is 49.6 Å². The fraction of sp³-hybridized carbons (Fsp3) is 0.440. The van der Waals surface area contributed by atoms with E-state index in [1.807, 2.05) is 66.4 Å². The molecule has 1 atom stereocenters. The Balaban J connectivity index is 1.51. The van der Waals surface area contributed by atoms with Crippen LogP contribution in [-0.2, 0) is 4.79 Å². The predicted molar refractivity (Wildman–Crippen MR) is 127 cm³/mol. The van der Waals surface area contributed by atoms with Gasteiger partial charge in [0, 0.05) is 44.1 Å². The Labute approximate surface area is 185 Å². The third-order valence-electron chi connectivity index (χ3n) is 5.80. The van der Waals surface area contributed by atoms with Crippen LogP contribution >= 0.6 is 0 Å². The fourth-order valence-corrected chi connectivity index (χ4v) is 3.89. The van der Waals surface area contributed by atoms with Crippen molar-refractivity contribution in [1.29, 1.82) is 0 Å². The topological polar surface area (TPSA) is 64.7 Å². The molecule has 1 aliphatic rings. The fourth-order valence-electron chi connectivity index (χ4n) is 3.89. The smallest absolute Gasteiger partial charge is 0.317 e. The molecule has 0 aliphatic carbocycles. The van der Waals surface area contributed by atoms with Gasteiger partial charge in [0.1, 0.15) is 0 Å². The summed E-state index contributed by atoms with van der Waals surface area (Å²) in [4.78, 5) is 29.1. The van der Waals surface area contributed by atoms with Gasteiger partial charge in [-0.3, -0.25) is 4.79 Å². The van der Waals surface area contributed by atoms with Gasteiger partial charge in [0.05, 0.1) is 5.92 Å². The number of piperazine rings is 1. The van der Waals surface area contributed by atoms with Gasteiger partial charge in [-0.25, -0.2) is 4.79 Å². The SMILES string of the molecule is CCCCNC(=O)N1CCN(c2ccc(NC(=O)C(CC)c3ccccc3)cc2)CC1. The molecule has 0 bridgehead atoms. The predicted octanol–water partition coefficient (Wildman–Crippen LogP) is 4.45. The zero-order valence-corrected chi connectivity index (χ0v) is 18.6. The molecule has 0 radical (unpaired) electrons. The Morgan fingerprint density at radius 3 is 2.23 bits per heavy atom. The number of hydrogen-bond acceptors (Lipinski definition) is 3. The van der Waals surface area contributed by atoms with Crippen molar-refractivity contribution < 1.29 is 9.59 Å². The van der Waals surface area contributed by atoms with Crippen LogP contribution in [0.2, 0.25) is 0 Å². The summed E-state index contributed by atoms with van der Waals surface area (Å²) < 4.78 is 0. The van der Waals surface area contributed by atoms with E-state index in [0.29, 0.717) is 13.1 Å². The highest BCUT2D eigenvalue weighted by atomic mass is 16.2. The maximum absolute atomic E-state index is 12.8. The minimum atomic E-state index is -0.155. The molecule has 3 amide bonds. The van der Waals surface area contributed by atoms with Crippen LogP contribution in [0.5, 0.6) is 0 Å². The normalized spacial score (nSPS) is 14.8. The molecule has 2 N–H and O–H groups in total. The van der Waals surface area contributed by atoms with E-state index in [2.05, 4.69) is 22.5 Å². The number of hydrogen-bond donors (Lipinski definition) is 2. The first-order chi connectivity index (χ1) is 15.1. The van der Waals surface area contributed by atoms with Crippen LogP contribution in [0.3, 0.4) is 0 Å². The average molecular weight is 423 g/mol. The number of anilines is 2. The first-order valence-corrected chi connectivity index (χ1v) is 11.4. The number of nitrogens with zero attached hydrogens (tertiary/aromatic N) is 2. The Bertz CT molecular complexity index is 830. The van der Waals surface area contributed by atoms with Gasteiger partial charge in [0.15, 0.2) is 0 Å². The molecule has 3 rings (SSSR count). The maximum Gasteiger partial charge on any atom is 0.317 e. The van der Waals surface area contributed by atoms with E-state index in [1.54, 1.807) is 0 Å². The van der Waals surface area contributed by atoms with Crippen molar-refractivity contribution in [3.8, 4) is 0 Å². The lowest BCUT2D eigenvalue weighted by Gasteiger charge is -2.36. The van der Waals surface area contributed by atoms with Crippen molar-refractivity contribution in [3.05, 3.63) is 60.2 Å². The van der Waals surface area contributed by atoms with E-state index in [0.717, 1.165) is 55.8 Å². The van der Waals surface area contributed by atoms with Crippen LogP contribution in [0.25, 0.3) is 0 Å². The van der Waals surface area contributed by atoms with Crippen LogP contribution in [0, 0.1) is 0 Å². The lowest BCUT2D eigenvalue weighted by atomic mass is 9.95. The molecular weight excluding hydrogens is 388 g/mol. The minimum absolute atomic E-state index is 0.0177. The quantitative estimate of drug-likeness (QED) is 0.618. The lowest BCUT2D eigenvalue weighted by Crippen LogP contribution is -2.52. The van der Waals surface area contributed by atoms with Crippen molar-refractivity contribution in [2.24, 2.45) is 0 Å². The van der Waals surface area contributed by atoms with E-state index in [9.17, 15) is 9.59 Å². The molecule has 1 fully saturated rings. The maximum atomic E-state index is 12.8. The Morgan fingerprint density at radius 1 is 0.935 bits per heavy atom. The molecule has 0 saturated carbocycles. The summed E-state index contributed by atoms with van der Waals surface area (Å²) in [5, 5.41) is 6.04. The number of urea groups is 1. The van der Waals surface area contributed by atoms with Crippen molar-refractivity contribution >= 4 is 23.3 Å². The van der Waals surface area contributed by atoms with Crippen LogP contribution in [0.4, 0.5) is 16.2 Å². The van der Waals surface area contributed by atoms with Gasteiger partial charge in [-0.1, -0.05) is 50.6 Å². The zero-order chi connectivity index (χ0) is 22.1. The highest BCUT2D eigenvalue weighted by molar-refractivity contribution is 5.96. The van der Waals surface area contributed by atoms with E-state index in [1.165, 1.54) is 0 Å². The standard InChI is InChI=1S/C25H34N4O2/c1-3-5-15-26-25(31)29-18-16-28(17-19-29)22-13-11-21(12-14-22)27-24(30)23(4-2)20-9-7-6-8-10-20/h6-14,23H,3-5,15-19H2,1-2H3,(H,26,31)(H,27,30). The summed E-state index contributed by atoms with van der Waals surface area (Å²) in [6, 6.07) is 17.9. The molecule has 1 unspecified atom stereocenters. The molecule has 0 spiro atoms. The highest BCUT2D eigenvalue weighted by Crippen LogP contribution is 2.23. The molecule has 2 aromatic rings. The second-order valence-electron chi connectivity index (χ2n) is 7.97. The Hall–Kier alpha value is -3.02. The summed E-state index contributed by atoms with van der Waals surface area (Å²) in [5.41, 5.74) is 2.95. The highest BCUT2D eigenvalue weighted by Gasteiger charge is 2.21. The van der Waals surface area contributed by atoms with Gasteiger partial charge < -0.3 is 20.4 Å². The minimum Gasteiger partial charge on any atom is -0.368 e. The number of rotatable bonds is 8. The van der Waals surface area contributed by atoms with Crippen LogP contribution in [0.15, 0.2) is 54.6 Å². The van der Waals surface area contributed by atoms with Gasteiger partial charge in [-0.2, -0.15) is 0 Å². The number of unbranched alkanes of at least 4 members (excludes halogenated alkanes) is 1. The number of amides is 3. The van der Waals surface area contributed by atoms with Crippen LogP contribution < -0.4 is 15.5 Å². The molecule has 1 saturated heterocycles. The molecular formula is C25H34N4O2. The van der Waals surface area contributed by atoms with Crippen molar-refractivity contribution in [1.82, 2.24) is 10.2 Å². The molecule has 31 heavy (non-hydrogen) atoms. The third kappa shape index (κ3) is 6.23. The monoisotopic (exact) mass is 422 g/mol. The van der Waals surface area contributed by atoms with E-state index in [-0.39, 0.29) is 17.9 Å². The number of carbonyl (C=O) groups is 2. The van der Waals surface area contributed by atoms with E-state index in [4.69, 9.17) is 0 Å². The van der Waals surface area contributed by atoms with Gasteiger partial charge in [0.2, 0.25) is 5.91 Å². The average Bonchev–Trinajstić information content (AvgIpc) is 2.81. The molecule has 2 aromatic carbocycles. The molecule has 6 heteroatoms. The summed E-state index contributed by atoms with van der Waals surface area (Å²) in [5.74, 6) is -0.137. The second-order valence-corrected chi connectivity index (χ2v) is 7.97. The number of nitrogens with one attached hydrogen (secondary N) is 2. The number of benzene rings is 2. The van der Waals surface area contributed by atoms with E-state index >= 15 is 0 Å². The third-order valence-corrected chi connectivity index (χ3v) is 5.80. The summed E-state index contributed by atoms with van der Waals surface area (Å²) in [7, 11) is 0. The zero-order valence-electron chi connectivity index (χ0n) is 18.6. The van der Waals surface area contributed by atoms with Gasteiger partial charge in [-0.05, 0) is 42.7 Å². The Kier molecular flexibility index (Phi) is 8.33. The van der Waals surface area contributed by atoms with Gasteiger partial charge >= 0.3 is 6.03 Å². The Morgan fingerprint density at radius 2 is 1.61 bits per heavy atom. The molecule has 1 aliphatic heterocycles. The largest absolute Gasteiger partial charge is 0.368 e. The first-order valence-electron chi connectivity index (χ1n) is 11.4. The summed E-state index contributed by atoms with van der Waals surface area (Å²) in [6.45, 7) is 7.93. The van der Waals surface area contributed by atoms with Gasteiger partial charge in [-0.15, -0.1) is 0 Å². The summed E-state index contributed by atoms with van der Waals surface area (Å²) >= 11 is 0. The van der Waals surface area contributed by atoms with Crippen LogP contribution in [0.1, 0.15) is 44.6 Å². The molecule has 166 valence electrons. The molecule has 0 aromatic heterocycles. The van der Waals surface area contributed by atoms with Crippen molar-refractivity contribution in [3.63, 3.8) is 0 Å². The second kappa shape index (κ2) is 11.4. The number of carbonyl (C=O) groups excluding carboxylic acids is 2. The lowest BCUT2D eigenvalue weighted by molar-refractivity contribution is -0.117. The van der Waals surface area contributed by atoms with E-state index < -0.39 is 0 Å². The van der Waals surface area contributed by atoms with Crippen molar-refractivity contribution in [2.75, 3.05) is 42.9 Å². The summed E-state index contributed by atoms with van der Waals surface area (Å²) in [6.07, 6.45) is 2.85. The molecule has 1 heterocycles.